The highest BCUT2D eigenvalue weighted by atomic mass is 32.1. The van der Waals surface area contributed by atoms with Gasteiger partial charge in [-0.15, -0.1) is 11.3 Å². The first kappa shape index (κ1) is 25.9. The number of nitrogens with one attached hydrogen (secondary N) is 2. The topological polar surface area (TPSA) is 105 Å². The predicted octanol–water partition coefficient (Wildman–Crippen LogP) is 4.40. The van der Waals surface area contributed by atoms with Crippen molar-refractivity contribution in [2.75, 3.05) is 13.1 Å². The van der Waals surface area contributed by atoms with Gasteiger partial charge in [0.05, 0.1) is 27.7 Å². The predicted molar refractivity (Wildman–Crippen MR) is 127 cm³/mol. The minimum Gasteiger partial charge on any atom is -0.481 e. The Balaban J connectivity index is 1.24. The highest BCUT2D eigenvalue weighted by molar-refractivity contribution is 7.20. The molecule has 2 aromatic rings. The van der Waals surface area contributed by atoms with Crippen LogP contribution in [0.3, 0.4) is 0 Å². The van der Waals surface area contributed by atoms with Crippen molar-refractivity contribution in [2.45, 2.75) is 44.3 Å². The fraction of sp³-hybridized carbons (Fsp3) is 0.400. The second-order valence-electron chi connectivity index (χ2n) is 8.77. The lowest BCUT2D eigenvalue weighted by Crippen LogP contribution is -2.36. The molecule has 1 aromatic carbocycles. The van der Waals surface area contributed by atoms with Crippen LogP contribution in [0.15, 0.2) is 47.6 Å². The highest BCUT2D eigenvalue weighted by Gasteiger charge is 2.32. The van der Waals surface area contributed by atoms with Gasteiger partial charge in [-0.1, -0.05) is 12.1 Å². The summed E-state index contributed by atoms with van der Waals surface area (Å²) in [7, 11) is 0. The zero-order valence-corrected chi connectivity index (χ0v) is 20.0. The Hall–Kier alpha value is -3.18. The van der Waals surface area contributed by atoms with Crippen LogP contribution in [-0.2, 0) is 14.3 Å². The minimum atomic E-state index is -1.03. The van der Waals surface area contributed by atoms with Crippen LogP contribution < -0.4 is 10.6 Å². The number of ether oxygens (including phenoxy) is 1. The molecule has 11 heteroatoms. The Kier molecular flexibility index (Phi) is 8.10. The van der Waals surface area contributed by atoms with Crippen LogP contribution in [0, 0.1) is 11.7 Å². The summed E-state index contributed by atoms with van der Waals surface area (Å²) in [5.74, 6) is -5.05. The molecule has 0 saturated heterocycles. The third-order valence-electron chi connectivity index (χ3n) is 6.26. The first-order valence-electron chi connectivity index (χ1n) is 11.6. The quantitative estimate of drug-likeness (QED) is 0.446. The van der Waals surface area contributed by atoms with E-state index in [-0.39, 0.29) is 25.6 Å². The van der Waals surface area contributed by atoms with Crippen molar-refractivity contribution in [3.8, 4) is 0 Å². The summed E-state index contributed by atoms with van der Waals surface area (Å²) < 4.78 is 49.1. The van der Waals surface area contributed by atoms with E-state index < -0.39 is 52.8 Å². The number of benzene rings is 1. The SMILES string of the molecule is O=C(NCCNC(=O)c1cc2cccc(F)c2s1)C1=C(F)CC(OC2CCC(C(=O)O)CC2)C=C1F. The summed E-state index contributed by atoms with van der Waals surface area (Å²) in [5, 5.41) is 14.6. The van der Waals surface area contributed by atoms with E-state index in [2.05, 4.69) is 10.6 Å². The summed E-state index contributed by atoms with van der Waals surface area (Å²) in [4.78, 5) is 36.0. The lowest BCUT2D eigenvalue weighted by molar-refractivity contribution is -0.144. The molecule has 0 bridgehead atoms. The molecule has 0 spiro atoms. The molecular weight excluding hydrogens is 497 g/mol. The van der Waals surface area contributed by atoms with E-state index in [0.29, 0.717) is 40.6 Å². The number of carboxylic acids is 1. The highest BCUT2D eigenvalue weighted by Crippen LogP contribution is 2.33. The van der Waals surface area contributed by atoms with Crippen LogP contribution >= 0.6 is 11.3 Å². The number of hydrogen-bond acceptors (Lipinski definition) is 5. The van der Waals surface area contributed by atoms with Crippen molar-refractivity contribution in [1.29, 1.82) is 0 Å². The number of halogens is 3. The van der Waals surface area contributed by atoms with E-state index >= 15 is 0 Å². The fourth-order valence-corrected chi connectivity index (χ4v) is 5.37. The number of rotatable bonds is 8. The molecule has 3 N–H and O–H groups in total. The van der Waals surface area contributed by atoms with Crippen molar-refractivity contribution >= 4 is 39.2 Å². The van der Waals surface area contributed by atoms with Gasteiger partial charge >= 0.3 is 5.97 Å². The molecule has 1 unspecified atom stereocenters. The molecule has 1 saturated carbocycles. The van der Waals surface area contributed by atoms with Crippen LogP contribution in [0.2, 0.25) is 0 Å². The van der Waals surface area contributed by atoms with Crippen LogP contribution in [0.4, 0.5) is 13.2 Å². The fourth-order valence-electron chi connectivity index (χ4n) is 4.39. The van der Waals surface area contributed by atoms with Crippen LogP contribution in [-0.4, -0.2) is 48.2 Å². The molecule has 2 aliphatic rings. The molecular formula is C25H25F3N2O5S. The largest absolute Gasteiger partial charge is 0.481 e. The number of amides is 2. The van der Waals surface area contributed by atoms with Crippen molar-refractivity contribution in [3.63, 3.8) is 0 Å². The number of hydrogen-bond donors (Lipinski definition) is 3. The van der Waals surface area contributed by atoms with Crippen LogP contribution in [0.25, 0.3) is 10.1 Å². The van der Waals surface area contributed by atoms with Gasteiger partial charge in [0, 0.05) is 19.5 Å². The molecule has 1 aromatic heterocycles. The Morgan fingerprint density at radius 3 is 2.36 bits per heavy atom. The van der Waals surface area contributed by atoms with E-state index in [1.165, 1.54) is 6.07 Å². The zero-order chi connectivity index (χ0) is 25.8. The Bertz CT molecular complexity index is 1230. The van der Waals surface area contributed by atoms with E-state index in [9.17, 15) is 27.6 Å². The van der Waals surface area contributed by atoms with Gasteiger partial charge in [0.2, 0.25) is 0 Å². The molecule has 1 heterocycles. The molecule has 4 rings (SSSR count). The minimum absolute atomic E-state index is 0.00624. The first-order chi connectivity index (χ1) is 17.2. The first-order valence-corrected chi connectivity index (χ1v) is 12.4. The Morgan fingerprint density at radius 1 is 1.03 bits per heavy atom. The van der Waals surface area contributed by atoms with Gasteiger partial charge in [0.15, 0.2) is 0 Å². The molecule has 7 nitrogen and oxygen atoms in total. The summed E-state index contributed by atoms with van der Waals surface area (Å²) in [6.07, 6.45) is 1.46. The van der Waals surface area contributed by atoms with Crippen LogP contribution in [0.5, 0.6) is 0 Å². The van der Waals surface area contributed by atoms with E-state index in [0.717, 1.165) is 17.4 Å². The summed E-state index contributed by atoms with van der Waals surface area (Å²) in [6, 6.07) is 6.12. The normalized spacial score (nSPS) is 22.3. The summed E-state index contributed by atoms with van der Waals surface area (Å²) >= 11 is 1.01. The van der Waals surface area contributed by atoms with Crippen molar-refractivity contribution in [2.24, 2.45) is 5.92 Å². The number of carboxylic acid groups (broad SMARTS) is 1. The van der Waals surface area contributed by atoms with Gasteiger partial charge in [-0.25, -0.2) is 13.2 Å². The maximum absolute atomic E-state index is 14.6. The smallest absolute Gasteiger partial charge is 0.306 e. The lowest BCUT2D eigenvalue weighted by atomic mass is 9.87. The Labute approximate surface area is 209 Å². The molecule has 36 heavy (non-hydrogen) atoms. The average molecular weight is 523 g/mol. The molecule has 0 radical (unpaired) electrons. The van der Waals surface area contributed by atoms with Gasteiger partial charge in [-0.3, -0.25) is 14.4 Å². The van der Waals surface area contributed by atoms with Crippen molar-refractivity contribution < 1.29 is 37.4 Å². The molecule has 1 fully saturated rings. The third-order valence-corrected chi connectivity index (χ3v) is 7.41. The van der Waals surface area contributed by atoms with Gasteiger partial charge in [-0.05, 0) is 49.3 Å². The van der Waals surface area contributed by atoms with Crippen molar-refractivity contribution in [1.82, 2.24) is 10.6 Å². The maximum Gasteiger partial charge on any atom is 0.306 e. The summed E-state index contributed by atoms with van der Waals surface area (Å²) in [6.45, 7) is -0.0626. The van der Waals surface area contributed by atoms with Crippen LogP contribution in [0.1, 0.15) is 41.8 Å². The number of fused-ring (bicyclic) bond motifs is 1. The maximum atomic E-state index is 14.6. The molecule has 2 amide bonds. The zero-order valence-electron chi connectivity index (χ0n) is 19.2. The lowest BCUT2D eigenvalue weighted by Gasteiger charge is -2.30. The number of thiophene rings is 1. The number of carbonyl (C=O) groups is 3. The average Bonchev–Trinajstić information content (AvgIpc) is 3.28. The summed E-state index contributed by atoms with van der Waals surface area (Å²) in [5.41, 5.74) is -0.698. The molecule has 192 valence electrons. The monoisotopic (exact) mass is 522 g/mol. The van der Waals surface area contributed by atoms with Gasteiger partial charge in [0.25, 0.3) is 11.8 Å². The second-order valence-corrected chi connectivity index (χ2v) is 9.82. The standard InChI is InChI=1S/C25H25F3N2O5S/c26-17-3-1-2-14-10-20(36-22(14)17)23(31)29-8-9-30-24(32)21-18(27)11-16(12-19(21)28)35-15-6-4-13(5-7-15)25(33)34/h1-3,10-11,13,15-16H,4-9,12H2,(H,29,31)(H,30,32)(H,33,34). The second kappa shape index (κ2) is 11.3. The number of aliphatic carboxylic acids is 1. The van der Waals surface area contributed by atoms with Gasteiger partial charge < -0.3 is 20.5 Å². The number of carbonyl (C=O) groups excluding carboxylic acids is 2. The van der Waals surface area contributed by atoms with Crippen molar-refractivity contribution in [3.05, 3.63) is 58.3 Å². The van der Waals surface area contributed by atoms with E-state index in [4.69, 9.17) is 9.84 Å². The Morgan fingerprint density at radius 2 is 1.72 bits per heavy atom. The molecule has 0 aliphatic heterocycles. The third kappa shape index (κ3) is 5.96. The molecule has 2 aliphatic carbocycles. The van der Waals surface area contributed by atoms with Gasteiger partial charge in [0.1, 0.15) is 23.0 Å². The van der Waals surface area contributed by atoms with E-state index in [1.807, 2.05) is 0 Å². The van der Waals surface area contributed by atoms with Gasteiger partial charge in [-0.2, -0.15) is 0 Å². The van der Waals surface area contributed by atoms with E-state index in [1.54, 1.807) is 18.2 Å². The molecule has 1 atom stereocenters.